The lowest BCUT2D eigenvalue weighted by Crippen LogP contribution is -2.20. The van der Waals surface area contributed by atoms with E-state index in [1.54, 1.807) is 0 Å². The van der Waals surface area contributed by atoms with Crippen molar-refractivity contribution in [2.24, 2.45) is 0 Å². The summed E-state index contributed by atoms with van der Waals surface area (Å²) >= 11 is 0. The van der Waals surface area contributed by atoms with Crippen LogP contribution < -0.4 is 15.6 Å². The Morgan fingerprint density at radius 2 is 1.87 bits per heavy atom. The molecule has 3 aromatic rings. The Bertz CT molecular complexity index is 841. The summed E-state index contributed by atoms with van der Waals surface area (Å²) in [4.78, 5) is 15.1. The van der Waals surface area contributed by atoms with Crippen molar-refractivity contribution < 1.29 is 4.74 Å². The molecule has 0 unspecified atom stereocenters. The maximum atomic E-state index is 12.2. The van der Waals surface area contributed by atoms with Gasteiger partial charge in [0.1, 0.15) is 5.75 Å². The SMILES string of the molecule is CCOc1ccc2[nH]c(=O)c(CNCc3ccccc3)cc2c1. The van der Waals surface area contributed by atoms with Crippen molar-refractivity contribution in [1.82, 2.24) is 10.3 Å². The van der Waals surface area contributed by atoms with Gasteiger partial charge in [-0.1, -0.05) is 30.3 Å². The normalized spacial score (nSPS) is 10.8. The van der Waals surface area contributed by atoms with Crippen LogP contribution in [0.1, 0.15) is 18.1 Å². The minimum absolute atomic E-state index is 0.0535. The number of rotatable bonds is 6. The molecule has 0 spiro atoms. The highest BCUT2D eigenvalue weighted by Crippen LogP contribution is 2.19. The van der Waals surface area contributed by atoms with Crippen molar-refractivity contribution in [1.29, 1.82) is 0 Å². The number of aromatic nitrogens is 1. The molecular weight excluding hydrogens is 288 g/mol. The summed E-state index contributed by atoms with van der Waals surface area (Å²) in [5.74, 6) is 0.815. The van der Waals surface area contributed by atoms with Crippen LogP contribution in [0.4, 0.5) is 0 Å². The van der Waals surface area contributed by atoms with Crippen LogP contribution >= 0.6 is 0 Å². The molecule has 0 aliphatic heterocycles. The first-order chi connectivity index (χ1) is 11.3. The van der Waals surface area contributed by atoms with E-state index < -0.39 is 0 Å². The average molecular weight is 308 g/mol. The van der Waals surface area contributed by atoms with Gasteiger partial charge in [0.05, 0.1) is 6.61 Å². The minimum atomic E-state index is -0.0535. The number of fused-ring (bicyclic) bond motifs is 1. The summed E-state index contributed by atoms with van der Waals surface area (Å²) in [5, 5.41) is 4.29. The van der Waals surface area contributed by atoms with E-state index in [0.717, 1.165) is 28.8 Å². The summed E-state index contributed by atoms with van der Waals surface area (Å²) in [6.45, 7) is 3.84. The minimum Gasteiger partial charge on any atom is -0.494 e. The lowest BCUT2D eigenvalue weighted by molar-refractivity contribution is 0.340. The average Bonchev–Trinajstić information content (AvgIpc) is 2.57. The standard InChI is InChI=1S/C19H20N2O2/c1-2-23-17-8-9-18-15(11-17)10-16(19(22)21-18)13-20-12-14-6-4-3-5-7-14/h3-11,20H,2,12-13H2,1H3,(H,21,22). The summed E-state index contributed by atoms with van der Waals surface area (Å²) in [6.07, 6.45) is 0. The van der Waals surface area contributed by atoms with E-state index in [1.165, 1.54) is 5.56 Å². The number of hydrogen-bond donors (Lipinski definition) is 2. The number of benzene rings is 2. The van der Waals surface area contributed by atoms with Crippen LogP contribution in [0.2, 0.25) is 0 Å². The first kappa shape index (κ1) is 15.3. The van der Waals surface area contributed by atoms with Gasteiger partial charge in [0.2, 0.25) is 0 Å². The molecule has 0 aliphatic carbocycles. The van der Waals surface area contributed by atoms with Gasteiger partial charge in [0, 0.05) is 29.6 Å². The molecule has 0 atom stereocenters. The third kappa shape index (κ3) is 3.79. The van der Waals surface area contributed by atoms with Gasteiger partial charge in [-0.15, -0.1) is 0 Å². The fraction of sp³-hybridized carbons (Fsp3) is 0.211. The molecule has 4 nitrogen and oxygen atoms in total. The fourth-order valence-electron chi connectivity index (χ4n) is 2.56. The second kappa shape index (κ2) is 7.11. The zero-order valence-corrected chi connectivity index (χ0v) is 13.1. The number of aromatic amines is 1. The summed E-state index contributed by atoms with van der Waals surface area (Å²) in [7, 11) is 0. The molecule has 0 aliphatic rings. The van der Waals surface area contributed by atoms with Crippen molar-refractivity contribution in [2.75, 3.05) is 6.61 Å². The Kier molecular flexibility index (Phi) is 4.74. The van der Waals surface area contributed by atoms with Gasteiger partial charge in [-0.3, -0.25) is 4.79 Å². The van der Waals surface area contributed by atoms with E-state index >= 15 is 0 Å². The van der Waals surface area contributed by atoms with Crippen LogP contribution in [0.3, 0.4) is 0 Å². The molecule has 0 amide bonds. The first-order valence-electron chi connectivity index (χ1n) is 7.79. The van der Waals surface area contributed by atoms with Crippen LogP contribution in [0.25, 0.3) is 10.9 Å². The van der Waals surface area contributed by atoms with Crippen molar-refractivity contribution in [3.8, 4) is 5.75 Å². The largest absolute Gasteiger partial charge is 0.494 e. The van der Waals surface area contributed by atoms with E-state index in [1.807, 2.05) is 49.4 Å². The quantitative estimate of drug-likeness (QED) is 0.735. The molecule has 0 radical (unpaired) electrons. The summed E-state index contributed by atoms with van der Waals surface area (Å²) < 4.78 is 5.52. The highest BCUT2D eigenvalue weighted by Gasteiger charge is 2.04. The molecule has 1 aromatic heterocycles. The molecule has 23 heavy (non-hydrogen) atoms. The first-order valence-corrected chi connectivity index (χ1v) is 7.79. The molecule has 1 heterocycles. The monoisotopic (exact) mass is 308 g/mol. The van der Waals surface area contributed by atoms with Crippen LogP contribution in [-0.2, 0) is 13.1 Å². The number of ether oxygens (including phenoxy) is 1. The number of hydrogen-bond acceptors (Lipinski definition) is 3. The Morgan fingerprint density at radius 3 is 2.65 bits per heavy atom. The van der Waals surface area contributed by atoms with Gasteiger partial charge in [-0.05, 0) is 36.8 Å². The van der Waals surface area contributed by atoms with Gasteiger partial charge < -0.3 is 15.0 Å². The highest BCUT2D eigenvalue weighted by molar-refractivity contribution is 5.80. The van der Waals surface area contributed by atoms with E-state index in [9.17, 15) is 4.79 Å². The Hall–Kier alpha value is -2.59. The maximum absolute atomic E-state index is 12.2. The second-order valence-corrected chi connectivity index (χ2v) is 5.39. The van der Waals surface area contributed by atoms with Crippen molar-refractivity contribution in [3.63, 3.8) is 0 Å². The Balaban J connectivity index is 1.77. The zero-order chi connectivity index (χ0) is 16.1. The zero-order valence-electron chi connectivity index (χ0n) is 13.1. The topological polar surface area (TPSA) is 54.1 Å². The van der Waals surface area contributed by atoms with Gasteiger partial charge >= 0.3 is 0 Å². The van der Waals surface area contributed by atoms with Crippen molar-refractivity contribution >= 4 is 10.9 Å². The number of H-pyrrole nitrogens is 1. The lowest BCUT2D eigenvalue weighted by atomic mass is 10.1. The molecule has 118 valence electrons. The molecule has 0 saturated carbocycles. The van der Waals surface area contributed by atoms with Crippen LogP contribution in [-0.4, -0.2) is 11.6 Å². The third-order valence-corrected chi connectivity index (χ3v) is 3.69. The molecule has 2 N–H and O–H groups in total. The Labute approximate surface area is 135 Å². The maximum Gasteiger partial charge on any atom is 0.252 e. The molecular formula is C19H20N2O2. The smallest absolute Gasteiger partial charge is 0.252 e. The van der Waals surface area contributed by atoms with Gasteiger partial charge in [0.15, 0.2) is 0 Å². The lowest BCUT2D eigenvalue weighted by Gasteiger charge is -2.08. The van der Waals surface area contributed by atoms with E-state index in [-0.39, 0.29) is 5.56 Å². The van der Waals surface area contributed by atoms with Crippen molar-refractivity contribution in [3.05, 3.63) is 76.1 Å². The predicted octanol–water partition coefficient (Wildman–Crippen LogP) is 3.22. The predicted molar refractivity (Wildman–Crippen MR) is 92.7 cm³/mol. The van der Waals surface area contributed by atoms with E-state index in [2.05, 4.69) is 22.4 Å². The highest BCUT2D eigenvalue weighted by atomic mass is 16.5. The van der Waals surface area contributed by atoms with Crippen LogP contribution in [0.15, 0.2) is 59.4 Å². The number of nitrogens with one attached hydrogen (secondary N) is 2. The van der Waals surface area contributed by atoms with Gasteiger partial charge in [0.25, 0.3) is 5.56 Å². The fourth-order valence-corrected chi connectivity index (χ4v) is 2.56. The van der Waals surface area contributed by atoms with Gasteiger partial charge in [-0.2, -0.15) is 0 Å². The molecule has 2 aromatic carbocycles. The molecule has 0 bridgehead atoms. The Morgan fingerprint density at radius 1 is 1.04 bits per heavy atom. The van der Waals surface area contributed by atoms with Crippen LogP contribution in [0, 0.1) is 0 Å². The molecule has 3 rings (SSSR count). The van der Waals surface area contributed by atoms with Crippen LogP contribution in [0.5, 0.6) is 5.75 Å². The van der Waals surface area contributed by atoms with Gasteiger partial charge in [-0.25, -0.2) is 0 Å². The molecule has 0 saturated heterocycles. The number of pyridine rings is 1. The molecule has 4 heteroatoms. The summed E-state index contributed by atoms with van der Waals surface area (Å²) in [5.41, 5.74) is 2.69. The third-order valence-electron chi connectivity index (χ3n) is 3.69. The van der Waals surface area contributed by atoms with E-state index in [4.69, 9.17) is 4.74 Å². The van der Waals surface area contributed by atoms with Crippen molar-refractivity contribution in [2.45, 2.75) is 20.0 Å². The molecule has 0 fully saturated rings. The van der Waals surface area contributed by atoms with E-state index in [0.29, 0.717) is 13.2 Å². The summed E-state index contributed by atoms with van der Waals surface area (Å²) in [6, 6.07) is 17.8. The second-order valence-electron chi connectivity index (χ2n) is 5.39.